The van der Waals surface area contributed by atoms with Crippen molar-refractivity contribution < 1.29 is 9.53 Å². The number of hydrogen-bond acceptors (Lipinski definition) is 3. The number of halogens is 1. The van der Waals surface area contributed by atoms with Gasteiger partial charge in [0.05, 0.1) is 18.4 Å². The zero-order valence-corrected chi connectivity index (χ0v) is 12.8. The molecule has 0 fully saturated rings. The molecule has 1 amide bonds. The lowest BCUT2D eigenvalue weighted by Crippen LogP contribution is -2.14. The van der Waals surface area contributed by atoms with Crippen LogP contribution < -0.4 is 15.8 Å². The van der Waals surface area contributed by atoms with Crippen molar-refractivity contribution in [3.63, 3.8) is 0 Å². The highest BCUT2D eigenvalue weighted by molar-refractivity contribution is 9.10. The second-order valence-corrected chi connectivity index (χ2v) is 5.31. The van der Waals surface area contributed by atoms with Crippen LogP contribution >= 0.6 is 15.9 Å². The molecule has 2 aromatic carbocycles. The van der Waals surface area contributed by atoms with Gasteiger partial charge >= 0.3 is 0 Å². The summed E-state index contributed by atoms with van der Waals surface area (Å²) < 4.78 is 6.09. The van der Waals surface area contributed by atoms with Crippen LogP contribution in [-0.2, 0) is 0 Å². The van der Waals surface area contributed by atoms with E-state index in [1.54, 1.807) is 31.4 Å². The van der Waals surface area contributed by atoms with Crippen molar-refractivity contribution in [1.29, 1.82) is 0 Å². The molecule has 0 aromatic heterocycles. The Morgan fingerprint density at radius 1 is 1.25 bits per heavy atom. The highest BCUT2D eigenvalue weighted by atomic mass is 79.9. The summed E-state index contributed by atoms with van der Waals surface area (Å²) in [5.74, 6) is 0.353. The third-order valence-corrected chi connectivity index (χ3v) is 3.36. The van der Waals surface area contributed by atoms with Crippen LogP contribution in [0.1, 0.15) is 15.9 Å². The number of amides is 1. The molecule has 0 radical (unpaired) electrons. The molecule has 0 atom stereocenters. The SMILES string of the molecule is COc1cc(C)ccc1NC(=O)c1ccc(Br)cc1N. The van der Waals surface area contributed by atoms with Crippen LogP contribution in [0.25, 0.3) is 0 Å². The minimum Gasteiger partial charge on any atom is -0.495 e. The van der Waals surface area contributed by atoms with E-state index in [2.05, 4.69) is 21.2 Å². The number of aryl methyl sites for hydroxylation is 1. The molecule has 5 heteroatoms. The molecule has 0 spiro atoms. The number of hydrogen-bond donors (Lipinski definition) is 2. The number of ether oxygens (including phenoxy) is 1. The van der Waals surface area contributed by atoms with E-state index in [1.807, 2.05) is 19.1 Å². The highest BCUT2D eigenvalue weighted by Gasteiger charge is 2.12. The Morgan fingerprint density at radius 3 is 2.65 bits per heavy atom. The third-order valence-electron chi connectivity index (χ3n) is 2.86. The number of carbonyl (C=O) groups is 1. The van der Waals surface area contributed by atoms with Crippen LogP contribution in [0.3, 0.4) is 0 Å². The number of carbonyl (C=O) groups excluding carboxylic acids is 1. The van der Waals surface area contributed by atoms with Crippen LogP contribution in [0.2, 0.25) is 0 Å². The predicted molar refractivity (Wildman–Crippen MR) is 84.2 cm³/mol. The quantitative estimate of drug-likeness (QED) is 0.843. The minimum absolute atomic E-state index is 0.267. The first-order chi connectivity index (χ1) is 9.51. The number of benzene rings is 2. The van der Waals surface area contributed by atoms with E-state index in [-0.39, 0.29) is 5.91 Å². The van der Waals surface area contributed by atoms with Gasteiger partial charge in [0.2, 0.25) is 0 Å². The first-order valence-electron chi connectivity index (χ1n) is 6.02. The van der Waals surface area contributed by atoms with Gasteiger partial charge in [0, 0.05) is 10.2 Å². The molecule has 3 N–H and O–H groups in total. The largest absolute Gasteiger partial charge is 0.495 e. The Bertz CT molecular complexity index is 656. The van der Waals surface area contributed by atoms with Gasteiger partial charge in [-0.15, -0.1) is 0 Å². The Balaban J connectivity index is 2.28. The monoisotopic (exact) mass is 334 g/mol. The fourth-order valence-electron chi connectivity index (χ4n) is 1.83. The molecule has 104 valence electrons. The molecule has 0 saturated heterocycles. The van der Waals surface area contributed by atoms with Gasteiger partial charge < -0.3 is 15.8 Å². The van der Waals surface area contributed by atoms with Gasteiger partial charge in [-0.1, -0.05) is 22.0 Å². The molecular weight excluding hydrogens is 320 g/mol. The Morgan fingerprint density at radius 2 is 2.00 bits per heavy atom. The molecule has 2 rings (SSSR count). The van der Waals surface area contributed by atoms with Crippen LogP contribution in [0.5, 0.6) is 5.75 Å². The van der Waals surface area contributed by atoms with Gasteiger partial charge in [-0.25, -0.2) is 0 Å². The molecule has 4 nitrogen and oxygen atoms in total. The van der Waals surface area contributed by atoms with E-state index >= 15 is 0 Å². The highest BCUT2D eigenvalue weighted by Crippen LogP contribution is 2.27. The number of nitrogen functional groups attached to an aromatic ring is 1. The van der Waals surface area contributed by atoms with Crippen LogP contribution in [0, 0.1) is 6.92 Å². The molecule has 0 aliphatic rings. The van der Waals surface area contributed by atoms with Gasteiger partial charge in [-0.3, -0.25) is 4.79 Å². The minimum atomic E-state index is -0.267. The van der Waals surface area contributed by atoms with Crippen molar-refractivity contribution in [3.05, 3.63) is 52.0 Å². The lowest BCUT2D eigenvalue weighted by Gasteiger charge is -2.12. The predicted octanol–water partition coefficient (Wildman–Crippen LogP) is 3.60. The van der Waals surface area contributed by atoms with Gasteiger partial charge in [0.25, 0.3) is 5.91 Å². The first-order valence-corrected chi connectivity index (χ1v) is 6.81. The molecule has 0 aliphatic heterocycles. The molecule has 2 aromatic rings. The number of anilines is 2. The summed E-state index contributed by atoms with van der Waals surface area (Å²) in [7, 11) is 1.57. The summed E-state index contributed by atoms with van der Waals surface area (Å²) in [5.41, 5.74) is 8.37. The van der Waals surface area contributed by atoms with Crippen LogP contribution in [0.4, 0.5) is 11.4 Å². The zero-order chi connectivity index (χ0) is 14.7. The van der Waals surface area contributed by atoms with E-state index in [9.17, 15) is 4.79 Å². The van der Waals surface area contributed by atoms with Crippen molar-refractivity contribution in [1.82, 2.24) is 0 Å². The van der Waals surface area contributed by atoms with E-state index in [0.29, 0.717) is 22.7 Å². The molecule has 0 bridgehead atoms. The van der Waals surface area contributed by atoms with Gasteiger partial charge in [-0.2, -0.15) is 0 Å². The van der Waals surface area contributed by atoms with E-state index in [1.165, 1.54) is 0 Å². The maximum absolute atomic E-state index is 12.2. The third kappa shape index (κ3) is 3.11. The summed E-state index contributed by atoms with van der Waals surface area (Å²) in [6, 6.07) is 10.7. The molecule has 0 aliphatic carbocycles. The number of nitrogens with one attached hydrogen (secondary N) is 1. The van der Waals surface area contributed by atoms with Crippen molar-refractivity contribution in [2.45, 2.75) is 6.92 Å². The second-order valence-electron chi connectivity index (χ2n) is 4.39. The smallest absolute Gasteiger partial charge is 0.257 e. The first kappa shape index (κ1) is 14.4. The zero-order valence-electron chi connectivity index (χ0n) is 11.2. The summed E-state index contributed by atoms with van der Waals surface area (Å²) in [5, 5.41) is 2.81. The Labute approximate surface area is 126 Å². The average molecular weight is 335 g/mol. The number of methoxy groups -OCH3 is 1. The molecule has 0 saturated carbocycles. The van der Waals surface area contributed by atoms with E-state index in [0.717, 1.165) is 10.0 Å². The van der Waals surface area contributed by atoms with E-state index < -0.39 is 0 Å². The maximum atomic E-state index is 12.2. The average Bonchev–Trinajstić information content (AvgIpc) is 2.40. The Kier molecular flexibility index (Phi) is 4.29. The van der Waals surface area contributed by atoms with Crippen LogP contribution in [0.15, 0.2) is 40.9 Å². The lowest BCUT2D eigenvalue weighted by molar-refractivity contribution is 0.102. The maximum Gasteiger partial charge on any atom is 0.257 e. The molecule has 20 heavy (non-hydrogen) atoms. The summed E-state index contributed by atoms with van der Waals surface area (Å²) >= 11 is 3.31. The molecular formula is C15H15BrN2O2. The molecule has 0 unspecified atom stereocenters. The second kappa shape index (κ2) is 5.96. The normalized spacial score (nSPS) is 10.2. The Hall–Kier alpha value is -2.01. The van der Waals surface area contributed by atoms with Gasteiger partial charge in [-0.05, 0) is 42.8 Å². The van der Waals surface area contributed by atoms with Crippen molar-refractivity contribution in [3.8, 4) is 5.75 Å². The summed E-state index contributed by atoms with van der Waals surface area (Å²) in [6.07, 6.45) is 0. The summed E-state index contributed by atoms with van der Waals surface area (Å²) in [4.78, 5) is 12.2. The van der Waals surface area contributed by atoms with Crippen LogP contribution in [-0.4, -0.2) is 13.0 Å². The summed E-state index contributed by atoms with van der Waals surface area (Å²) in [6.45, 7) is 1.96. The van der Waals surface area contributed by atoms with Gasteiger partial charge in [0.1, 0.15) is 5.75 Å². The number of rotatable bonds is 3. The van der Waals surface area contributed by atoms with Crippen molar-refractivity contribution >= 4 is 33.2 Å². The topological polar surface area (TPSA) is 64.3 Å². The van der Waals surface area contributed by atoms with Crippen molar-refractivity contribution in [2.75, 3.05) is 18.2 Å². The van der Waals surface area contributed by atoms with Crippen molar-refractivity contribution in [2.24, 2.45) is 0 Å². The fraction of sp³-hybridized carbons (Fsp3) is 0.133. The molecule has 0 heterocycles. The number of nitrogens with two attached hydrogens (primary N) is 1. The fourth-order valence-corrected chi connectivity index (χ4v) is 2.21. The standard InChI is InChI=1S/C15H15BrN2O2/c1-9-3-6-13(14(7-9)20-2)18-15(19)11-5-4-10(16)8-12(11)17/h3-8H,17H2,1-2H3,(H,18,19). The lowest BCUT2D eigenvalue weighted by atomic mass is 10.1. The van der Waals surface area contributed by atoms with E-state index in [4.69, 9.17) is 10.5 Å². The van der Waals surface area contributed by atoms with Gasteiger partial charge in [0.15, 0.2) is 0 Å².